The van der Waals surface area contributed by atoms with E-state index in [2.05, 4.69) is 5.32 Å². The lowest BCUT2D eigenvalue weighted by atomic mass is 10.1. The molecule has 0 spiro atoms. The fourth-order valence-electron chi connectivity index (χ4n) is 2.49. The Labute approximate surface area is 108 Å². The lowest BCUT2D eigenvalue weighted by Gasteiger charge is -2.15. The van der Waals surface area contributed by atoms with Gasteiger partial charge in [0.15, 0.2) is 0 Å². The number of nitrogens with one attached hydrogen (secondary N) is 1. The monoisotopic (exact) mass is 253 g/mol. The molecule has 1 saturated carbocycles. The van der Waals surface area contributed by atoms with Gasteiger partial charge in [0, 0.05) is 5.02 Å². The van der Waals surface area contributed by atoms with E-state index in [-0.39, 0.29) is 0 Å². The number of rotatable bonds is 4. The van der Waals surface area contributed by atoms with Crippen molar-refractivity contribution >= 4 is 11.6 Å². The summed E-state index contributed by atoms with van der Waals surface area (Å²) < 4.78 is 6.00. The zero-order valence-corrected chi connectivity index (χ0v) is 11.3. The van der Waals surface area contributed by atoms with Crippen LogP contribution in [0.25, 0.3) is 0 Å². The minimum Gasteiger partial charge on any atom is -0.490 e. The first-order valence-electron chi connectivity index (χ1n) is 6.26. The third-order valence-electron chi connectivity index (χ3n) is 3.42. The fourth-order valence-corrected chi connectivity index (χ4v) is 2.61. The van der Waals surface area contributed by atoms with Crippen LogP contribution < -0.4 is 10.1 Å². The van der Waals surface area contributed by atoms with Gasteiger partial charge in [-0.15, -0.1) is 0 Å². The van der Waals surface area contributed by atoms with E-state index in [0.717, 1.165) is 41.6 Å². The molecule has 0 bridgehead atoms. The molecule has 2 atom stereocenters. The van der Waals surface area contributed by atoms with Gasteiger partial charge in [-0.05, 0) is 69.5 Å². The van der Waals surface area contributed by atoms with Crippen LogP contribution >= 0.6 is 11.6 Å². The summed E-state index contributed by atoms with van der Waals surface area (Å²) in [6.07, 6.45) is 3.95. The van der Waals surface area contributed by atoms with Gasteiger partial charge in [0.1, 0.15) is 5.75 Å². The molecular weight excluding hydrogens is 234 g/mol. The largest absolute Gasteiger partial charge is 0.490 e. The highest BCUT2D eigenvalue weighted by molar-refractivity contribution is 6.31. The number of ether oxygens (including phenoxy) is 1. The second-order valence-corrected chi connectivity index (χ2v) is 5.29. The van der Waals surface area contributed by atoms with Gasteiger partial charge in [-0.25, -0.2) is 0 Å². The van der Waals surface area contributed by atoms with Crippen LogP contribution in [0.15, 0.2) is 18.2 Å². The van der Waals surface area contributed by atoms with Crippen LogP contribution in [-0.2, 0) is 0 Å². The molecule has 3 heteroatoms. The normalized spacial score (nSPS) is 23.9. The smallest absolute Gasteiger partial charge is 0.120 e. The average molecular weight is 254 g/mol. The molecule has 94 valence electrons. The molecule has 0 heterocycles. The van der Waals surface area contributed by atoms with Gasteiger partial charge in [-0.1, -0.05) is 11.6 Å². The minimum absolute atomic E-state index is 0.369. The van der Waals surface area contributed by atoms with Gasteiger partial charge in [-0.2, -0.15) is 0 Å². The van der Waals surface area contributed by atoms with Crippen LogP contribution in [0.5, 0.6) is 5.75 Å². The fraction of sp³-hybridized carbons (Fsp3) is 0.571. The third-order valence-corrected chi connectivity index (χ3v) is 3.84. The molecule has 1 fully saturated rings. The first-order valence-corrected chi connectivity index (χ1v) is 6.64. The number of hydrogen-bond donors (Lipinski definition) is 1. The highest BCUT2D eigenvalue weighted by atomic mass is 35.5. The molecule has 1 aromatic carbocycles. The third kappa shape index (κ3) is 3.36. The summed E-state index contributed by atoms with van der Waals surface area (Å²) in [4.78, 5) is 0. The zero-order valence-electron chi connectivity index (χ0n) is 10.5. The predicted octanol–water partition coefficient (Wildman–Crippen LogP) is 3.42. The van der Waals surface area contributed by atoms with Crippen LogP contribution in [-0.4, -0.2) is 19.7 Å². The number of aryl methyl sites for hydroxylation is 1. The molecule has 2 unspecified atom stereocenters. The summed E-state index contributed by atoms with van der Waals surface area (Å²) in [7, 11) is 2.01. The maximum Gasteiger partial charge on any atom is 0.120 e. The second-order valence-electron chi connectivity index (χ2n) is 4.89. The highest BCUT2D eigenvalue weighted by Crippen LogP contribution is 2.30. The lowest BCUT2D eigenvalue weighted by molar-refractivity contribution is 0.204. The highest BCUT2D eigenvalue weighted by Gasteiger charge is 2.25. The zero-order chi connectivity index (χ0) is 12.3. The Morgan fingerprint density at radius 1 is 1.41 bits per heavy atom. The van der Waals surface area contributed by atoms with E-state index in [9.17, 15) is 0 Å². The van der Waals surface area contributed by atoms with Gasteiger partial charge in [0.2, 0.25) is 0 Å². The second kappa shape index (κ2) is 5.74. The van der Waals surface area contributed by atoms with Gasteiger partial charge >= 0.3 is 0 Å². The van der Waals surface area contributed by atoms with Gasteiger partial charge in [0.05, 0.1) is 6.10 Å². The van der Waals surface area contributed by atoms with Crippen molar-refractivity contribution in [3.05, 3.63) is 28.8 Å². The van der Waals surface area contributed by atoms with Crippen LogP contribution in [0.2, 0.25) is 5.02 Å². The molecule has 0 aliphatic heterocycles. The van der Waals surface area contributed by atoms with E-state index in [1.807, 2.05) is 32.2 Å². The van der Waals surface area contributed by atoms with Crippen LogP contribution in [0.4, 0.5) is 0 Å². The quantitative estimate of drug-likeness (QED) is 0.888. The molecule has 1 aliphatic rings. The standard InChI is InChI=1S/C14H20ClNO/c1-10-7-12(5-6-14(10)15)17-13-4-3-11(8-13)9-16-2/h5-7,11,13,16H,3-4,8-9H2,1-2H3. The van der Waals surface area contributed by atoms with E-state index in [0.29, 0.717) is 6.10 Å². The van der Waals surface area contributed by atoms with Crippen molar-refractivity contribution < 1.29 is 4.74 Å². The van der Waals surface area contributed by atoms with E-state index >= 15 is 0 Å². The first-order chi connectivity index (χ1) is 8.19. The van der Waals surface area contributed by atoms with Crippen LogP contribution in [0.3, 0.4) is 0 Å². The first kappa shape index (κ1) is 12.7. The van der Waals surface area contributed by atoms with Crippen LogP contribution in [0, 0.1) is 12.8 Å². The van der Waals surface area contributed by atoms with Gasteiger partial charge in [0.25, 0.3) is 0 Å². The molecule has 0 aromatic heterocycles. The van der Waals surface area contributed by atoms with Gasteiger partial charge in [-0.3, -0.25) is 0 Å². The predicted molar refractivity (Wildman–Crippen MR) is 71.9 cm³/mol. The molecule has 1 N–H and O–H groups in total. The van der Waals surface area contributed by atoms with Crippen molar-refractivity contribution in [3.8, 4) is 5.75 Å². The Balaban J connectivity index is 1.91. The van der Waals surface area contributed by atoms with Crippen molar-refractivity contribution in [2.75, 3.05) is 13.6 Å². The maximum atomic E-state index is 6.00. The summed E-state index contributed by atoms with van der Waals surface area (Å²) >= 11 is 6.00. The summed E-state index contributed by atoms with van der Waals surface area (Å²) in [5, 5.41) is 4.04. The van der Waals surface area contributed by atoms with E-state index in [1.165, 1.54) is 6.42 Å². The molecule has 17 heavy (non-hydrogen) atoms. The summed E-state index contributed by atoms with van der Waals surface area (Å²) in [5.74, 6) is 1.71. The molecule has 2 rings (SSSR count). The molecule has 0 saturated heterocycles. The number of hydrogen-bond acceptors (Lipinski definition) is 2. The van der Waals surface area contributed by atoms with Gasteiger partial charge < -0.3 is 10.1 Å². The topological polar surface area (TPSA) is 21.3 Å². The summed E-state index contributed by atoms with van der Waals surface area (Å²) in [6, 6.07) is 5.89. The molecule has 0 radical (unpaired) electrons. The molecule has 0 amide bonds. The molecular formula is C14H20ClNO. The molecule has 1 aromatic rings. The van der Waals surface area contributed by atoms with Crippen molar-refractivity contribution in [3.63, 3.8) is 0 Å². The Morgan fingerprint density at radius 2 is 2.24 bits per heavy atom. The van der Waals surface area contributed by atoms with E-state index < -0.39 is 0 Å². The van der Waals surface area contributed by atoms with Crippen LogP contribution in [0.1, 0.15) is 24.8 Å². The number of halogens is 1. The summed E-state index contributed by atoms with van der Waals surface area (Å²) in [6.45, 7) is 3.10. The molecule has 1 aliphatic carbocycles. The van der Waals surface area contributed by atoms with E-state index in [1.54, 1.807) is 0 Å². The van der Waals surface area contributed by atoms with Crippen molar-refractivity contribution in [2.45, 2.75) is 32.3 Å². The minimum atomic E-state index is 0.369. The Morgan fingerprint density at radius 3 is 2.94 bits per heavy atom. The Kier molecular flexibility index (Phi) is 4.30. The number of benzene rings is 1. The lowest BCUT2D eigenvalue weighted by Crippen LogP contribution is -2.18. The average Bonchev–Trinajstić information content (AvgIpc) is 2.72. The maximum absolute atomic E-state index is 6.00. The van der Waals surface area contributed by atoms with Crippen molar-refractivity contribution in [2.24, 2.45) is 5.92 Å². The Hall–Kier alpha value is -0.730. The van der Waals surface area contributed by atoms with Crippen molar-refractivity contribution in [1.29, 1.82) is 0 Å². The summed E-state index contributed by atoms with van der Waals surface area (Å²) in [5.41, 5.74) is 1.08. The van der Waals surface area contributed by atoms with Crippen molar-refractivity contribution in [1.82, 2.24) is 5.32 Å². The SMILES string of the molecule is CNCC1CCC(Oc2ccc(Cl)c(C)c2)C1. The Bertz CT molecular complexity index is 380. The molecule has 2 nitrogen and oxygen atoms in total. The van der Waals surface area contributed by atoms with E-state index in [4.69, 9.17) is 16.3 Å².